The van der Waals surface area contributed by atoms with Crippen LogP contribution in [0, 0.1) is 0 Å². The number of fused-ring (bicyclic) bond motifs is 1. The van der Waals surface area contributed by atoms with Crippen molar-refractivity contribution in [1.29, 1.82) is 0 Å². The van der Waals surface area contributed by atoms with Gasteiger partial charge in [-0.1, -0.05) is 18.2 Å². The highest BCUT2D eigenvalue weighted by molar-refractivity contribution is 6.20. The number of imide groups is 1. The molecule has 0 atom stereocenters. The van der Waals surface area contributed by atoms with E-state index in [2.05, 4.69) is 0 Å². The van der Waals surface area contributed by atoms with Crippen molar-refractivity contribution in [1.82, 2.24) is 5.06 Å². The van der Waals surface area contributed by atoms with Gasteiger partial charge in [0.05, 0.1) is 11.1 Å². The first kappa shape index (κ1) is 12.5. The van der Waals surface area contributed by atoms with E-state index in [9.17, 15) is 9.59 Å². The zero-order chi connectivity index (χ0) is 13.9. The van der Waals surface area contributed by atoms with Crippen molar-refractivity contribution in [2.45, 2.75) is 6.54 Å². The van der Waals surface area contributed by atoms with E-state index in [1.54, 1.807) is 24.3 Å². The van der Waals surface area contributed by atoms with Crippen molar-refractivity contribution in [3.05, 3.63) is 66.0 Å². The molecule has 0 unspecified atom stereocenters. The number of pyridine rings is 1. The third-order valence-corrected chi connectivity index (χ3v) is 3.10. The number of hydroxylamine groups is 2. The smallest absolute Gasteiger partial charge is 0.266 e. The molecule has 5 heteroatoms. The summed E-state index contributed by atoms with van der Waals surface area (Å²) in [4.78, 5) is 29.4. The fraction of sp³-hybridized carbons (Fsp3) is 0.133. The maximum absolute atomic E-state index is 12.0. The van der Waals surface area contributed by atoms with E-state index in [1.165, 1.54) is 0 Å². The number of benzene rings is 1. The molecule has 3 rings (SSSR count). The number of amides is 2. The van der Waals surface area contributed by atoms with Crippen molar-refractivity contribution in [3.8, 4) is 0 Å². The summed E-state index contributed by atoms with van der Waals surface area (Å²) in [5.74, 6) is -0.799. The lowest BCUT2D eigenvalue weighted by atomic mass is 10.1. The van der Waals surface area contributed by atoms with E-state index >= 15 is 0 Å². The van der Waals surface area contributed by atoms with Crippen LogP contribution in [-0.2, 0) is 11.4 Å². The number of aromatic nitrogens is 1. The van der Waals surface area contributed by atoms with E-state index < -0.39 is 11.8 Å². The van der Waals surface area contributed by atoms with Gasteiger partial charge in [-0.3, -0.25) is 14.4 Å². The van der Waals surface area contributed by atoms with Gasteiger partial charge in [0.1, 0.15) is 6.61 Å². The van der Waals surface area contributed by atoms with Crippen LogP contribution in [0.1, 0.15) is 20.7 Å². The lowest BCUT2D eigenvalue weighted by Crippen LogP contribution is -2.38. The van der Waals surface area contributed by atoms with Gasteiger partial charge in [0.25, 0.3) is 11.8 Å². The summed E-state index contributed by atoms with van der Waals surface area (Å²) in [6, 6.07) is 12.4. The van der Waals surface area contributed by atoms with Crippen LogP contribution in [0.2, 0.25) is 0 Å². The number of hydrogen-bond donors (Lipinski definition) is 0. The molecular formula is C15H13N2O3+. The quantitative estimate of drug-likeness (QED) is 0.619. The lowest BCUT2D eigenvalue weighted by molar-refractivity contribution is -0.699. The van der Waals surface area contributed by atoms with E-state index in [1.807, 2.05) is 35.2 Å². The monoisotopic (exact) mass is 269 g/mol. The molecule has 0 radical (unpaired) electrons. The highest BCUT2D eigenvalue weighted by Crippen LogP contribution is 2.22. The van der Waals surface area contributed by atoms with Crippen LogP contribution in [-0.4, -0.2) is 23.5 Å². The second-order valence-corrected chi connectivity index (χ2v) is 4.40. The van der Waals surface area contributed by atoms with E-state index in [0.29, 0.717) is 17.7 Å². The van der Waals surface area contributed by atoms with Gasteiger partial charge in [-0.2, -0.15) is 0 Å². The molecule has 100 valence electrons. The van der Waals surface area contributed by atoms with Crippen LogP contribution in [0.25, 0.3) is 0 Å². The molecule has 2 heterocycles. The molecule has 2 aromatic rings. The fourth-order valence-corrected chi connectivity index (χ4v) is 2.11. The van der Waals surface area contributed by atoms with Crippen LogP contribution in [0.3, 0.4) is 0 Å². The highest BCUT2D eigenvalue weighted by atomic mass is 16.7. The predicted octanol–water partition coefficient (Wildman–Crippen LogP) is 1.20. The minimum absolute atomic E-state index is 0.250. The maximum Gasteiger partial charge on any atom is 0.285 e. The Bertz CT molecular complexity index is 620. The van der Waals surface area contributed by atoms with Gasteiger partial charge >= 0.3 is 0 Å². The Morgan fingerprint density at radius 2 is 1.50 bits per heavy atom. The SMILES string of the molecule is O=C1c2ccccc2C(=O)N1OCC[n+]1ccccc1. The van der Waals surface area contributed by atoms with Crippen molar-refractivity contribution >= 4 is 11.8 Å². The molecule has 2 amide bonds. The van der Waals surface area contributed by atoms with Crippen LogP contribution in [0.4, 0.5) is 0 Å². The van der Waals surface area contributed by atoms with Crippen molar-refractivity contribution in [3.63, 3.8) is 0 Å². The first-order valence-electron chi connectivity index (χ1n) is 6.32. The molecule has 0 spiro atoms. The summed E-state index contributed by atoms with van der Waals surface area (Å²) < 4.78 is 1.91. The highest BCUT2D eigenvalue weighted by Gasteiger charge is 2.36. The van der Waals surface area contributed by atoms with Gasteiger partial charge in [0.15, 0.2) is 18.9 Å². The summed E-state index contributed by atoms with van der Waals surface area (Å²) in [7, 11) is 0. The van der Waals surface area contributed by atoms with Gasteiger partial charge in [-0.15, -0.1) is 5.06 Å². The summed E-state index contributed by atoms with van der Waals surface area (Å²) in [5, 5.41) is 0.841. The molecule has 0 saturated heterocycles. The van der Waals surface area contributed by atoms with Crippen LogP contribution in [0.15, 0.2) is 54.9 Å². The molecule has 0 aliphatic carbocycles. The molecule has 1 aromatic heterocycles. The third kappa shape index (κ3) is 2.19. The number of rotatable bonds is 4. The summed E-state index contributed by atoms with van der Waals surface area (Å²) >= 11 is 0. The number of nitrogens with zero attached hydrogens (tertiary/aromatic N) is 2. The average Bonchev–Trinajstić information content (AvgIpc) is 2.74. The Hall–Kier alpha value is -2.53. The van der Waals surface area contributed by atoms with Crippen LogP contribution in [0.5, 0.6) is 0 Å². The van der Waals surface area contributed by atoms with Gasteiger partial charge in [0, 0.05) is 12.1 Å². The Kier molecular flexibility index (Phi) is 3.26. The molecule has 20 heavy (non-hydrogen) atoms. The van der Waals surface area contributed by atoms with E-state index in [0.717, 1.165) is 5.06 Å². The van der Waals surface area contributed by atoms with Crippen molar-refractivity contribution in [2.24, 2.45) is 0 Å². The molecular weight excluding hydrogens is 256 g/mol. The van der Waals surface area contributed by atoms with Gasteiger partial charge in [-0.05, 0) is 12.1 Å². The zero-order valence-electron chi connectivity index (χ0n) is 10.7. The van der Waals surface area contributed by atoms with Crippen LogP contribution < -0.4 is 4.57 Å². The van der Waals surface area contributed by atoms with Crippen LogP contribution >= 0.6 is 0 Å². The summed E-state index contributed by atoms with van der Waals surface area (Å²) in [5.41, 5.74) is 0.787. The molecule has 1 aliphatic heterocycles. The van der Waals surface area contributed by atoms with E-state index in [-0.39, 0.29) is 6.61 Å². The van der Waals surface area contributed by atoms with E-state index in [4.69, 9.17) is 4.84 Å². The molecule has 0 bridgehead atoms. The van der Waals surface area contributed by atoms with Crippen molar-refractivity contribution in [2.75, 3.05) is 6.61 Å². The predicted molar refractivity (Wildman–Crippen MR) is 69.5 cm³/mol. The second kappa shape index (κ2) is 5.22. The number of carbonyl (C=O) groups is 2. The second-order valence-electron chi connectivity index (χ2n) is 4.40. The largest absolute Gasteiger partial charge is 0.285 e. The standard InChI is InChI=1S/C15H13N2O3/c18-14-12-6-2-3-7-13(12)15(19)17(14)20-11-10-16-8-4-1-5-9-16/h1-9H,10-11H2/q+1. The molecule has 0 saturated carbocycles. The molecule has 0 fully saturated rings. The Morgan fingerprint density at radius 3 is 2.10 bits per heavy atom. The number of hydrogen-bond acceptors (Lipinski definition) is 3. The first-order valence-corrected chi connectivity index (χ1v) is 6.32. The number of carbonyl (C=O) groups excluding carboxylic acids is 2. The lowest BCUT2D eigenvalue weighted by Gasteiger charge is -2.11. The van der Waals surface area contributed by atoms with Gasteiger partial charge in [0.2, 0.25) is 0 Å². The fourth-order valence-electron chi connectivity index (χ4n) is 2.11. The molecule has 5 nitrogen and oxygen atoms in total. The topological polar surface area (TPSA) is 50.5 Å². The molecule has 1 aromatic carbocycles. The zero-order valence-corrected chi connectivity index (χ0v) is 10.7. The normalized spacial score (nSPS) is 13.7. The summed E-state index contributed by atoms with van der Waals surface area (Å²) in [6.07, 6.45) is 3.79. The van der Waals surface area contributed by atoms with Crippen molar-refractivity contribution < 1.29 is 19.0 Å². The Morgan fingerprint density at radius 1 is 0.900 bits per heavy atom. The Labute approximate surface area is 116 Å². The Balaban J connectivity index is 1.65. The minimum atomic E-state index is -0.399. The first-order chi connectivity index (χ1) is 9.77. The molecule has 0 N–H and O–H groups in total. The average molecular weight is 269 g/mol. The summed E-state index contributed by atoms with van der Waals surface area (Å²) in [6.45, 7) is 0.814. The minimum Gasteiger partial charge on any atom is -0.266 e. The molecule has 1 aliphatic rings. The maximum atomic E-state index is 12.0. The van der Waals surface area contributed by atoms with Gasteiger partial charge < -0.3 is 0 Å². The van der Waals surface area contributed by atoms with Gasteiger partial charge in [-0.25, -0.2) is 4.57 Å². The third-order valence-electron chi connectivity index (χ3n) is 3.10.